The lowest BCUT2D eigenvalue weighted by molar-refractivity contribution is -0.138. The summed E-state index contributed by atoms with van der Waals surface area (Å²) in [6, 6.07) is 14.5. The highest BCUT2D eigenvalue weighted by Gasteiger charge is 2.19. The Balaban J connectivity index is 1.45. The maximum atomic E-state index is 12.1. The van der Waals surface area contributed by atoms with Gasteiger partial charge in [0, 0.05) is 23.8 Å². The fourth-order valence-corrected chi connectivity index (χ4v) is 2.77. The van der Waals surface area contributed by atoms with E-state index in [1.54, 1.807) is 29.2 Å². The Kier molecular flexibility index (Phi) is 6.68. The molecule has 1 aliphatic rings. The lowest BCUT2D eigenvalue weighted by Gasteiger charge is -2.26. The predicted molar refractivity (Wildman–Crippen MR) is 103 cm³/mol. The van der Waals surface area contributed by atoms with Crippen LogP contribution in [0.15, 0.2) is 48.5 Å². The number of amides is 2. The van der Waals surface area contributed by atoms with Crippen LogP contribution in [0.1, 0.15) is 12.0 Å². The molecule has 1 fully saturated rings. The van der Waals surface area contributed by atoms with Crippen molar-refractivity contribution in [2.45, 2.75) is 13.0 Å². The molecule has 1 heterocycles. The number of carbonyl (C=O) groups is 2. The van der Waals surface area contributed by atoms with Crippen LogP contribution in [0, 0.1) is 0 Å². The van der Waals surface area contributed by atoms with Crippen LogP contribution < -0.4 is 10.1 Å². The average molecular weight is 389 g/mol. The minimum Gasteiger partial charge on any atom is -0.489 e. The van der Waals surface area contributed by atoms with E-state index in [1.807, 2.05) is 24.3 Å². The van der Waals surface area contributed by atoms with Gasteiger partial charge in [-0.15, -0.1) is 0 Å². The summed E-state index contributed by atoms with van der Waals surface area (Å²) in [5.41, 5.74) is 1.63. The Bertz CT molecular complexity index is 772. The fourth-order valence-electron chi connectivity index (χ4n) is 2.65. The molecule has 0 bridgehead atoms. The van der Waals surface area contributed by atoms with E-state index in [2.05, 4.69) is 5.32 Å². The number of ether oxygens (including phenoxy) is 2. The van der Waals surface area contributed by atoms with E-state index in [9.17, 15) is 9.59 Å². The summed E-state index contributed by atoms with van der Waals surface area (Å²) >= 11 is 5.86. The van der Waals surface area contributed by atoms with Crippen molar-refractivity contribution in [2.24, 2.45) is 0 Å². The summed E-state index contributed by atoms with van der Waals surface area (Å²) in [5.74, 6) is 0.174. The quantitative estimate of drug-likeness (QED) is 0.772. The molecule has 6 nitrogen and oxygen atoms in total. The molecular formula is C20H21ClN2O4. The van der Waals surface area contributed by atoms with Crippen LogP contribution in [0.3, 0.4) is 0 Å². The molecule has 3 rings (SSSR count). The number of halogens is 1. The fraction of sp³-hybridized carbons (Fsp3) is 0.300. The predicted octanol–water partition coefficient (Wildman–Crippen LogP) is 3.11. The highest BCUT2D eigenvalue weighted by molar-refractivity contribution is 6.30. The van der Waals surface area contributed by atoms with Crippen molar-refractivity contribution in [2.75, 3.05) is 31.6 Å². The van der Waals surface area contributed by atoms with Crippen LogP contribution in [0.2, 0.25) is 5.02 Å². The van der Waals surface area contributed by atoms with Crippen LogP contribution >= 0.6 is 11.6 Å². The van der Waals surface area contributed by atoms with E-state index in [4.69, 9.17) is 21.1 Å². The third-order valence-corrected chi connectivity index (χ3v) is 4.38. The molecule has 0 unspecified atom stereocenters. The molecule has 142 valence electrons. The second-order valence-corrected chi connectivity index (χ2v) is 6.59. The maximum absolute atomic E-state index is 12.1. The molecule has 0 aromatic heterocycles. The minimum absolute atomic E-state index is 0.172. The Hall–Kier alpha value is -2.57. The zero-order chi connectivity index (χ0) is 19.1. The number of carbonyl (C=O) groups excluding carboxylic acids is 2. The van der Waals surface area contributed by atoms with Gasteiger partial charge in [-0.3, -0.25) is 9.59 Å². The van der Waals surface area contributed by atoms with Crippen molar-refractivity contribution < 1.29 is 19.1 Å². The molecule has 0 aliphatic carbocycles. The van der Waals surface area contributed by atoms with E-state index in [1.165, 1.54) is 0 Å². The SMILES string of the molecule is O=C(CC(=O)N1CCOCC1)Nc1ccc(OCc2ccc(Cl)cc2)cc1. The molecule has 1 aliphatic heterocycles. The number of nitrogens with zero attached hydrogens (tertiary/aromatic N) is 1. The van der Waals surface area contributed by atoms with E-state index in [0.29, 0.717) is 49.4 Å². The lowest BCUT2D eigenvalue weighted by atomic mass is 10.2. The summed E-state index contributed by atoms with van der Waals surface area (Å²) in [6.07, 6.45) is -0.172. The Morgan fingerprint density at radius 2 is 1.70 bits per heavy atom. The van der Waals surface area contributed by atoms with E-state index in [-0.39, 0.29) is 18.2 Å². The van der Waals surface area contributed by atoms with Crippen molar-refractivity contribution in [3.63, 3.8) is 0 Å². The van der Waals surface area contributed by atoms with Gasteiger partial charge in [0.25, 0.3) is 0 Å². The number of nitrogens with one attached hydrogen (secondary N) is 1. The largest absolute Gasteiger partial charge is 0.489 e. The summed E-state index contributed by atoms with van der Waals surface area (Å²) in [7, 11) is 0. The van der Waals surface area contributed by atoms with Gasteiger partial charge in [0.1, 0.15) is 18.8 Å². The molecule has 7 heteroatoms. The van der Waals surface area contributed by atoms with Crippen LogP contribution in [0.4, 0.5) is 5.69 Å². The van der Waals surface area contributed by atoms with Crippen molar-refractivity contribution in [3.05, 3.63) is 59.1 Å². The van der Waals surface area contributed by atoms with Crippen LogP contribution in [0.5, 0.6) is 5.75 Å². The molecule has 2 aromatic rings. The van der Waals surface area contributed by atoms with Gasteiger partial charge >= 0.3 is 0 Å². The zero-order valence-corrected chi connectivity index (χ0v) is 15.6. The van der Waals surface area contributed by atoms with Crippen LogP contribution in [-0.2, 0) is 20.9 Å². The molecule has 0 radical (unpaired) electrons. The Morgan fingerprint density at radius 3 is 2.37 bits per heavy atom. The molecule has 1 saturated heterocycles. The summed E-state index contributed by atoms with van der Waals surface area (Å²) < 4.78 is 10.9. The number of morpholine rings is 1. The van der Waals surface area contributed by atoms with Crippen molar-refractivity contribution in [1.82, 2.24) is 4.90 Å². The molecule has 1 N–H and O–H groups in total. The van der Waals surface area contributed by atoms with Crippen LogP contribution in [-0.4, -0.2) is 43.0 Å². The molecule has 0 spiro atoms. The molecule has 2 aromatic carbocycles. The first-order valence-corrected chi connectivity index (χ1v) is 9.10. The van der Waals surface area contributed by atoms with E-state index < -0.39 is 0 Å². The van der Waals surface area contributed by atoms with Crippen molar-refractivity contribution in [1.29, 1.82) is 0 Å². The summed E-state index contributed by atoms with van der Waals surface area (Å²) in [5, 5.41) is 3.42. The lowest BCUT2D eigenvalue weighted by Crippen LogP contribution is -2.41. The van der Waals surface area contributed by atoms with E-state index >= 15 is 0 Å². The molecule has 2 amide bonds. The zero-order valence-electron chi connectivity index (χ0n) is 14.8. The third kappa shape index (κ3) is 5.98. The van der Waals surface area contributed by atoms with Gasteiger partial charge in [0.2, 0.25) is 11.8 Å². The summed E-state index contributed by atoms with van der Waals surface area (Å²) in [6.45, 7) is 2.53. The highest BCUT2D eigenvalue weighted by atomic mass is 35.5. The molecule has 0 atom stereocenters. The summed E-state index contributed by atoms with van der Waals surface area (Å²) in [4.78, 5) is 25.8. The molecule has 27 heavy (non-hydrogen) atoms. The van der Waals surface area contributed by atoms with Gasteiger partial charge in [-0.05, 0) is 42.0 Å². The van der Waals surface area contributed by atoms with Gasteiger partial charge in [-0.25, -0.2) is 0 Å². The first kappa shape index (κ1) is 19.2. The molecular weight excluding hydrogens is 368 g/mol. The Morgan fingerprint density at radius 1 is 1.04 bits per heavy atom. The number of benzene rings is 2. The third-order valence-electron chi connectivity index (χ3n) is 4.13. The maximum Gasteiger partial charge on any atom is 0.233 e. The monoisotopic (exact) mass is 388 g/mol. The van der Waals surface area contributed by atoms with Gasteiger partial charge in [0.05, 0.1) is 13.2 Å². The van der Waals surface area contributed by atoms with Crippen molar-refractivity contribution in [3.8, 4) is 5.75 Å². The van der Waals surface area contributed by atoms with Crippen LogP contribution in [0.25, 0.3) is 0 Å². The number of anilines is 1. The first-order chi connectivity index (χ1) is 13.1. The Labute approximate surface area is 163 Å². The van der Waals surface area contributed by atoms with E-state index in [0.717, 1.165) is 5.56 Å². The van der Waals surface area contributed by atoms with Gasteiger partial charge in [-0.2, -0.15) is 0 Å². The number of hydrogen-bond donors (Lipinski definition) is 1. The standard InChI is InChI=1S/C20H21ClN2O4/c21-16-3-1-15(2-4-16)14-27-18-7-5-17(6-8-18)22-19(24)13-20(25)23-9-11-26-12-10-23/h1-8H,9-14H2,(H,22,24). The highest BCUT2D eigenvalue weighted by Crippen LogP contribution is 2.18. The van der Waals surface area contributed by atoms with Crippen molar-refractivity contribution >= 4 is 29.1 Å². The smallest absolute Gasteiger partial charge is 0.233 e. The van der Waals surface area contributed by atoms with Gasteiger partial charge in [-0.1, -0.05) is 23.7 Å². The van der Waals surface area contributed by atoms with Gasteiger partial charge in [0.15, 0.2) is 0 Å². The topological polar surface area (TPSA) is 67.9 Å². The normalized spacial score (nSPS) is 13.9. The second kappa shape index (κ2) is 9.39. The minimum atomic E-state index is -0.332. The average Bonchev–Trinajstić information content (AvgIpc) is 2.69. The van der Waals surface area contributed by atoms with Gasteiger partial charge < -0.3 is 19.7 Å². The number of hydrogen-bond acceptors (Lipinski definition) is 4. The second-order valence-electron chi connectivity index (χ2n) is 6.16. The first-order valence-electron chi connectivity index (χ1n) is 8.73. The molecule has 0 saturated carbocycles. The number of rotatable bonds is 6.